The molecule has 2 N–H and O–H groups in total. The molecule has 0 aliphatic heterocycles. The van der Waals surface area contributed by atoms with Gasteiger partial charge in [0.1, 0.15) is 0 Å². The van der Waals surface area contributed by atoms with Gasteiger partial charge in [0.25, 0.3) is 0 Å². The van der Waals surface area contributed by atoms with Crippen molar-refractivity contribution >= 4 is 44.8 Å². The van der Waals surface area contributed by atoms with E-state index < -0.39 is 10.0 Å². The molecule has 8 heteroatoms. The van der Waals surface area contributed by atoms with Gasteiger partial charge in [-0.3, -0.25) is 0 Å². The fraction of sp³-hybridized carbons (Fsp3) is 0.278. The highest BCUT2D eigenvalue weighted by molar-refractivity contribution is 7.99. The summed E-state index contributed by atoms with van der Waals surface area (Å²) in [5.41, 5.74) is 1.88. The van der Waals surface area contributed by atoms with Crippen LogP contribution in [0.2, 0.25) is 0 Å². The molecule has 26 heavy (non-hydrogen) atoms. The van der Waals surface area contributed by atoms with E-state index in [1.807, 2.05) is 0 Å². The maximum Gasteiger partial charge on any atom is 0.242 e. The maximum absolute atomic E-state index is 12.2. The van der Waals surface area contributed by atoms with Crippen LogP contribution in [0.25, 0.3) is 0 Å². The molecular formula is C18H23N3O2S3. The lowest BCUT2D eigenvalue weighted by Gasteiger charge is -2.14. The molecule has 5 nitrogen and oxygen atoms in total. The molecule has 2 rings (SSSR count). The normalized spacial score (nSPS) is 11.4. The second-order valence-electron chi connectivity index (χ2n) is 5.86. The summed E-state index contributed by atoms with van der Waals surface area (Å²) in [4.78, 5) is 1.45. The van der Waals surface area contributed by atoms with Gasteiger partial charge in [-0.05, 0) is 49.5 Å². The number of thioether (sulfide) groups is 1. The van der Waals surface area contributed by atoms with Crippen molar-refractivity contribution in [2.45, 2.75) is 16.7 Å². The molecule has 0 spiro atoms. The van der Waals surface area contributed by atoms with Crippen molar-refractivity contribution in [3.8, 4) is 0 Å². The number of benzene rings is 2. The molecule has 0 bridgehead atoms. The number of aryl methyl sites for hydroxylation is 1. The first-order valence-electron chi connectivity index (χ1n) is 8.06. The Morgan fingerprint density at radius 3 is 2.50 bits per heavy atom. The largest absolute Gasteiger partial charge is 0.362 e. The zero-order valence-corrected chi connectivity index (χ0v) is 17.5. The molecule has 0 atom stereocenters. The van der Waals surface area contributed by atoms with Crippen LogP contribution in [0.15, 0.2) is 58.3 Å². The summed E-state index contributed by atoms with van der Waals surface area (Å²) < 4.78 is 25.6. The third kappa shape index (κ3) is 5.98. The summed E-state index contributed by atoms with van der Waals surface area (Å²) in [5, 5.41) is 6.63. The van der Waals surface area contributed by atoms with Crippen LogP contribution in [0.4, 0.5) is 5.69 Å². The summed E-state index contributed by atoms with van der Waals surface area (Å²) in [6, 6.07) is 15.0. The minimum absolute atomic E-state index is 0.227. The summed E-state index contributed by atoms with van der Waals surface area (Å²) in [6.07, 6.45) is 0. The van der Waals surface area contributed by atoms with E-state index in [-0.39, 0.29) is 4.90 Å². The summed E-state index contributed by atoms with van der Waals surface area (Å²) in [6.45, 7) is 2.78. The molecule has 0 heterocycles. The van der Waals surface area contributed by atoms with Crippen LogP contribution in [0.5, 0.6) is 0 Å². The lowest BCUT2D eigenvalue weighted by molar-refractivity contribution is 0.521. The van der Waals surface area contributed by atoms with Gasteiger partial charge in [-0.1, -0.05) is 23.8 Å². The predicted molar refractivity (Wildman–Crippen MR) is 113 cm³/mol. The average molecular weight is 410 g/mol. The highest BCUT2D eigenvalue weighted by Crippen LogP contribution is 2.19. The number of rotatable bonds is 7. The van der Waals surface area contributed by atoms with Crippen molar-refractivity contribution in [3.05, 3.63) is 54.1 Å². The van der Waals surface area contributed by atoms with Gasteiger partial charge in [0.15, 0.2) is 5.11 Å². The monoisotopic (exact) mass is 409 g/mol. The Morgan fingerprint density at radius 1 is 1.15 bits per heavy atom. The minimum atomic E-state index is -3.46. The molecule has 0 fully saturated rings. The van der Waals surface area contributed by atoms with Gasteiger partial charge in [0, 0.05) is 37.0 Å². The van der Waals surface area contributed by atoms with Crippen LogP contribution in [0.3, 0.4) is 0 Å². The van der Waals surface area contributed by atoms with Crippen molar-refractivity contribution in [2.24, 2.45) is 0 Å². The summed E-state index contributed by atoms with van der Waals surface area (Å²) in [7, 11) is -0.449. The van der Waals surface area contributed by atoms with E-state index in [1.54, 1.807) is 36.0 Å². The molecule has 0 radical (unpaired) electrons. The second-order valence-corrected chi connectivity index (χ2v) is 9.59. The molecule has 0 aromatic heterocycles. The van der Waals surface area contributed by atoms with Crippen molar-refractivity contribution in [3.63, 3.8) is 0 Å². The van der Waals surface area contributed by atoms with Gasteiger partial charge >= 0.3 is 0 Å². The molecule has 0 aliphatic rings. The van der Waals surface area contributed by atoms with E-state index in [9.17, 15) is 8.42 Å². The molecule has 140 valence electrons. The highest BCUT2D eigenvalue weighted by atomic mass is 32.2. The number of nitrogens with zero attached hydrogens (tertiary/aromatic N) is 1. The van der Waals surface area contributed by atoms with Crippen molar-refractivity contribution in [1.82, 2.24) is 9.62 Å². The van der Waals surface area contributed by atoms with E-state index in [1.165, 1.54) is 28.9 Å². The highest BCUT2D eigenvalue weighted by Gasteiger charge is 2.17. The van der Waals surface area contributed by atoms with Gasteiger partial charge in [-0.15, -0.1) is 11.8 Å². The van der Waals surface area contributed by atoms with Crippen molar-refractivity contribution < 1.29 is 8.42 Å². The Morgan fingerprint density at radius 2 is 1.85 bits per heavy atom. The lowest BCUT2D eigenvalue weighted by Crippen LogP contribution is -2.30. The van der Waals surface area contributed by atoms with Gasteiger partial charge < -0.3 is 10.6 Å². The molecule has 0 aliphatic carbocycles. The fourth-order valence-corrected chi connectivity index (χ4v) is 4.02. The predicted octanol–water partition coefficient (Wildman–Crippen LogP) is 3.32. The molecule has 0 unspecified atom stereocenters. The van der Waals surface area contributed by atoms with Crippen molar-refractivity contribution in [1.29, 1.82) is 0 Å². The maximum atomic E-state index is 12.2. The van der Waals surface area contributed by atoms with E-state index in [0.29, 0.717) is 17.3 Å². The van der Waals surface area contributed by atoms with Crippen LogP contribution in [-0.4, -0.2) is 44.2 Å². The first-order chi connectivity index (χ1) is 12.3. The van der Waals surface area contributed by atoms with Crippen molar-refractivity contribution in [2.75, 3.05) is 31.7 Å². The first kappa shape index (κ1) is 20.7. The molecule has 0 amide bonds. The van der Waals surface area contributed by atoms with Crippen LogP contribution in [-0.2, 0) is 10.0 Å². The number of sulfonamides is 1. The van der Waals surface area contributed by atoms with Gasteiger partial charge in [0.2, 0.25) is 10.0 Å². The lowest BCUT2D eigenvalue weighted by atomic mass is 10.2. The van der Waals surface area contributed by atoms with E-state index in [2.05, 4.69) is 41.8 Å². The molecule has 0 saturated carbocycles. The summed E-state index contributed by atoms with van der Waals surface area (Å²) >= 11 is 7.03. The second kappa shape index (κ2) is 9.36. The Balaban J connectivity index is 1.83. The standard InChI is InChI=1S/C18H23N3O2S3/c1-14-7-9-16(10-8-14)25-12-11-19-18(24)20-15-5-4-6-17(13-15)26(22,23)21(2)3/h4-10,13H,11-12H2,1-3H3,(H2,19,20,24). The number of anilines is 1. The van der Waals surface area contributed by atoms with Gasteiger partial charge in [-0.2, -0.15) is 0 Å². The topological polar surface area (TPSA) is 61.4 Å². The Hall–Kier alpha value is -1.61. The van der Waals surface area contributed by atoms with Gasteiger partial charge in [-0.25, -0.2) is 12.7 Å². The third-order valence-corrected chi connectivity index (χ3v) is 6.62. The summed E-state index contributed by atoms with van der Waals surface area (Å²) in [5.74, 6) is 0.875. The Bertz CT molecular complexity index is 850. The van der Waals surface area contributed by atoms with E-state index in [4.69, 9.17) is 12.2 Å². The zero-order chi connectivity index (χ0) is 19.2. The quantitative estimate of drug-likeness (QED) is 0.416. The third-order valence-electron chi connectivity index (χ3n) is 3.55. The Kier molecular flexibility index (Phi) is 7.45. The van der Waals surface area contributed by atoms with E-state index >= 15 is 0 Å². The molecular weight excluding hydrogens is 386 g/mol. The number of hydrogen-bond acceptors (Lipinski definition) is 4. The SMILES string of the molecule is Cc1ccc(SCCNC(=S)Nc2cccc(S(=O)(=O)N(C)C)c2)cc1. The molecule has 0 saturated heterocycles. The first-order valence-corrected chi connectivity index (χ1v) is 10.9. The number of hydrogen-bond donors (Lipinski definition) is 2. The van der Waals surface area contributed by atoms with Crippen LogP contribution < -0.4 is 10.6 Å². The molecule has 2 aromatic rings. The smallest absolute Gasteiger partial charge is 0.242 e. The Labute approximate surface area is 165 Å². The van der Waals surface area contributed by atoms with Crippen LogP contribution in [0.1, 0.15) is 5.56 Å². The van der Waals surface area contributed by atoms with Crippen LogP contribution >= 0.6 is 24.0 Å². The number of nitrogens with one attached hydrogen (secondary N) is 2. The van der Waals surface area contributed by atoms with Gasteiger partial charge in [0.05, 0.1) is 4.90 Å². The number of thiocarbonyl (C=S) groups is 1. The average Bonchev–Trinajstić information content (AvgIpc) is 2.60. The minimum Gasteiger partial charge on any atom is -0.362 e. The van der Waals surface area contributed by atoms with E-state index in [0.717, 1.165) is 5.75 Å². The molecule has 2 aromatic carbocycles. The fourth-order valence-electron chi connectivity index (χ4n) is 2.09. The zero-order valence-electron chi connectivity index (χ0n) is 15.0. The van der Waals surface area contributed by atoms with Crippen LogP contribution in [0, 0.1) is 6.92 Å².